The summed E-state index contributed by atoms with van der Waals surface area (Å²) in [4.78, 5) is 28.7. The number of rotatable bonds is 8. The van der Waals surface area contributed by atoms with Crippen LogP contribution in [0.15, 0.2) is 47.4 Å². The molecule has 0 bridgehead atoms. The SMILES string of the molecule is COc1c(/C=C/c2ccc(NS(C)(=O)=O)cc2CN2CCOC2=O)cc(-c2cc(F)c[nH]c2=O)cc1C(C)(C)C. The third-order valence-corrected chi connectivity index (χ3v) is 7.01. The molecular weight excluding hydrogens is 537 g/mol. The standard InChI is InChI=1S/C29H32FN3O6S/c1-29(2,3)25-14-20(24-15-22(30)16-31-27(24)34)12-19(26(25)38-4)7-6-18-8-9-23(32-40(5,36)37)13-21(18)17-33-10-11-39-28(33)35/h6-9,12-16,32H,10-11,17H2,1-5H3,(H,31,34)/b7-6+. The zero-order valence-electron chi connectivity index (χ0n) is 23.0. The number of hydrogen-bond donors (Lipinski definition) is 2. The molecular formula is C29H32FN3O6S. The molecule has 0 spiro atoms. The molecule has 0 atom stereocenters. The number of aromatic amines is 1. The van der Waals surface area contributed by atoms with E-state index in [-0.39, 0.29) is 24.1 Å². The van der Waals surface area contributed by atoms with Gasteiger partial charge in [-0.2, -0.15) is 0 Å². The number of ether oxygens (including phenoxy) is 2. The van der Waals surface area contributed by atoms with E-state index in [0.717, 1.165) is 23.6 Å². The quantitative estimate of drug-likeness (QED) is 0.370. The van der Waals surface area contributed by atoms with Crippen LogP contribution in [0.25, 0.3) is 23.3 Å². The first-order valence-corrected chi connectivity index (χ1v) is 14.5. The molecule has 11 heteroatoms. The molecule has 0 aliphatic carbocycles. The normalized spacial score (nSPS) is 14.1. The number of amides is 1. The summed E-state index contributed by atoms with van der Waals surface area (Å²) in [6.07, 6.45) is 5.27. The smallest absolute Gasteiger partial charge is 0.410 e. The maximum Gasteiger partial charge on any atom is 0.410 e. The molecule has 40 heavy (non-hydrogen) atoms. The Morgan fingerprint density at radius 3 is 2.48 bits per heavy atom. The number of carbonyl (C=O) groups excluding carboxylic acids is 1. The highest BCUT2D eigenvalue weighted by atomic mass is 32.2. The van der Waals surface area contributed by atoms with Gasteiger partial charge in [0.25, 0.3) is 5.56 Å². The number of nitrogens with one attached hydrogen (secondary N) is 2. The number of sulfonamides is 1. The van der Waals surface area contributed by atoms with Gasteiger partial charge in [-0.1, -0.05) is 39.0 Å². The highest BCUT2D eigenvalue weighted by Crippen LogP contribution is 2.38. The Hall–Kier alpha value is -4.12. The fourth-order valence-electron chi connectivity index (χ4n) is 4.52. The molecule has 0 radical (unpaired) electrons. The average Bonchev–Trinajstić information content (AvgIpc) is 3.27. The third-order valence-electron chi connectivity index (χ3n) is 6.40. The summed E-state index contributed by atoms with van der Waals surface area (Å²) in [7, 11) is -1.95. The van der Waals surface area contributed by atoms with E-state index in [4.69, 9.17) is 9.47 Å². The summed E-state index contributed by atoms with van der Waals surface area (Å²) >= 11 is 0. The molecule has 212 valence electrons. The van der Waals surface area contributed by atoms with Crippen LogP contribution in [0, 0.1) is 5.82 Å². The van der Waals surface area contributed by atoms with Crippen LogP contribution in [-0.2, 0) is 26.7 Å². The van der Waals surface area contributed by atoms with Crippen molar-refractivity contribution in [2.45, 2.75) is 32.7 Å². The molecule has 4 rings (SSSR count). The highest BCUT2D eigenvalue weighted by molar-refractivity contribution is 7.92. The number of halogens is 1. The maximum atomic E-state index is 14.1. The van der Waals surface area contributed by atoms with Crippen LogP contribution in [0.3, 0.4) is 0 Å². The van der Waals surface area contributed by atoms with Crippen molar-refractivity contribution in [3.05, 3.63) is 81.0 Å². The van der Waals surface area contributed by atoms with Crippen molar-refractivity contribution in [2.75, 3.05) is 31.2 Å². The Kier molecular flexibility index (Phi) is 8.06. The van der Waals surface area contributed by atoms with Crippen molar-refractivity contribution in [3.63, 3.8) is 0 Å². The number of methoxy groups -OCH3 is 1. The minimum Gasteiger partial charge on any atom is -0.496 e. The van der Waals surface area contributed by atoms with Gasteiger partial charge in [0.2, 0.25) is 10.0 Å². The summed E-state index contributed by atoms with van der Waals surface area (Å²) in [5, 5.41) is 0. The second-order valence-electron chi connectivity index (χ2n) is 10.6. The molecule has 1 aliphatic heterocycles. The van der Waals surface area contributed by atoms with Gasteiger partial charge in [-0.05, 0) is 52.4 Å². The summed E-state index contributed by atoms with van der Waals surface area (Å²) in [5.74, 6) is 0.0352. The van der Waals surface area contributed by atoms with E-state index < -0.39 is 27.5 Å². The summed E-state index contributed by atoms with van der Waals surface area (Å²) in [6, 6.07) is 9.84. The molecule has 9 nitrogen and oxygen atoms in total. The van der Waals surface area contributed by atoms with Crippen LogP contribution in [-0.4, -0.2) is 50.9 Å². The second kappa shape index (κ2) is 11.2. The van der Waals surface area contributed by atoms with Gasteiger partial charge in [-0.3, -0.25) is 9.52 Å². The lowest BCUT2D eigenvalue weighted by atomic mass is 9.83. The van der Waals surface area contributed by atoms with Crippen molar-refractivity contribution in [1.29, 1.82) is 0 Å². The molecule has 1 fully saturated rings. The monoisotopic (exact) mass is 569 g/mol. The molecule has 0 unspecified atom stereocenters. The van der Waals surface area contributed by atoms with Crippen molar-refractivity contribution in [2.24, 2.45) is 0 Å². The first-order chi connectivity index (χ1) is 18.7. The predicted molar refractivity (Wildman–Crippen MR) is 153 cm³/mol. The zero-order chi connectivity index (χ0) is 29.2. The van der Waals surface area contributed by atoms with Gasteiger partial charge in [0.05, 0.1) is 19.9 Å². The van der Waals surface area contributed by atoms with Gasteiger partial charge in [-0.25, -0.2) is 17.6 Å². The Morgan fingerprint density at radius 2 is 1.85 bits per heavy atom. The van der Waals surface area contributed by atoms with Gasteiger partial charge < -0.3 is 19.4 Å². The molecule has 2 heterocycles. The van der Waals surface area contributed by atoms with Gasteiger partial charge >= 0.3 is 6.09 Å². The van der Waals surface area contributed by atoms with Gasteiger partial charge in [0, 0.05) is 35.1 Å². The lowest BCUT2D eigenvalue weighted by molar-refractivity contribution is 0.157. The summed E-state index contributed by atoms with van der Waals surface area (Å²) in [5.41, 5.74) is 3.18. The number of H-pyrrole nitrogens is 1. The van der Waals surface area contributed by atoms with Crippen LogP contribution >= 0.6 is 0 Å². The maximum absolute atomic E-state index is 14.1. The average molecular weight is 570 g/mol. The minimum absolute atomic E-state index is 0.187. The van der Waals surface area contributed by atoms with E-state index in [0.29, 0.717) is 34.7 Å². The lowest BCUT2D eigenvalue weighted by Crippen LogP contribution is -2.24. The number of cyclic esters (lactones) is 1. The van der Waals surface area contributed by atoms with Crippen LogP contribution in [0.1, 0.15) is 43.0 Å². The number of anilines is 1. The Morgan fingerprint density at radius 1 is 1.12 bits per heavy atom. The van der Waals surface area contributed by atoms with Crippen LogP contribution in [0.4, 0.5) is 14.9 Å². The highest BCUT2D eigenvalue weighted by Gasteiger charge is 2.24. The molecule has 1 saturated heterocycles. The molecule has 1 amide bonds. The molecule has 2 aromatic carbocycles. The van der Waals surface area contributed by atoms with Crippen LogP contribution in [0.5, 0.6) is 5.75 Å². The number of benzene rings is 2. The molecule has 0 saturated carbocycles. The number of aromatic nitrogens is 1. The van der Waals surface area contributed by atoms with E-state index in [1.54, 1.807) is 31.4 Å². The molecule has 1 aromatic heterocycles. The van der Waals surface area contributed by atoms with Crippen molar-refractivity contribution < 1.29 is 27.1 Å². The number of carbonyl (C=O) groups is 1. The number of nitrogens with zero attached hydrogens (tertiary/aromatic N) is 1. The zero-order valence-corrected chi connectivity index (χ0v) is 23.8. The first-order valence-electron chi connectivity index (χ1n) is 12.6. The van der Waals surface area contributed by atoms with Crippen molar-refractivity contribution >= 4 is 34.0 Å². The fourth-order valence-corrected chi connectivity index (χ4v) is 5.08. The molecule has 2 N–H and O–H groups in total. The molecule has 3 aromatic rings. The third kappa shape index (κ3) is 6.71. The predicted octanol–water partition coefficient (Wildman–Crippen LogP) is 4.98. The largest absolute Gasteiger partial charge is 0.496 e. The number of hydrogen-bond acceptors (Lipinski definition) is 6. The topological polar surface area (TPSA) is 118 Å². The van der Waals surface area contributed by atoms with Crippen LogP contribution in [0.2, 0.25) is 0 Å². The second-order valence-corrected chi connectivity index (χ2v) is 12.4. The van der Waals surface area contributed by atoms with Crippen molar-refractivity contribution in [3.8, 4) is 16.9 Å². The number of pyridine rings is 1. The Bertz CT molecular complexity index is 1640. The van der Waals surface area contributed by atoms with E-state index in [9.17, 15) is 22.4 Å². The van der Waals surface area contributed by atoms with Crippen molar-refractivity contribution in [1.82, 2.24) is 9.88 Å². The lowest BCUT2D eigenvalue weighted by Gasteiger charge is -2.24. The van der Waals surface area contributed by atoms with Gasteiger partial charge in [0.1, 0.15) is 18.2 Å². The first kappa shape index (κ1) is 28.9. The van der Waals surface area contributed by atoms with E-state index in [1.165, 1.54) is 11.0 Å². The molecule has 1 aliphatic rings. The summed E-state index contributed by atoms with van der Waals surface area (Å²) in [6.45, 7) is 6.94. The van der Waals surface area contributed by atoms with Gasteiger partial charge in [-0.15, -0.1) is 0 Å². The Labute approximate surface area is 232 Å². The van der Waals surface area contributed by atoms with E-state index in [2.05, 4.69) is 9.71 Å². The van der Waals surface area contributed by atoms with Crippen LogP contribution < -0.4 is 15.0 Å². The van der Waals surface area contributed by atoms with E-state index >= 15 is 0 Å². The Balaban J connectivity index is 1.84. The van der Waals surface area contributed by atoms with E-state index in [1.807, 2.05) is 39.0 Å². The minimum atomic E-state index is -3.51. The fraction of sp³-hybridized carbons (Fsp3) is 0.310. The van der Waals surface area contributed by atoms with Gasteiger partial charge in [0.15, 0.2) is 0 Å². The summed E-state index contributed by atoms with van der Waals surface area (Å²) < 4.78 is 51.0.